The van der Waals surface area contributed by atoms with E-state index < -0.39 is 0 Å². The molecule has 1 aromatic carbocycles. The van der Waals surface area contributed by atoms with Gasteiger partial charge in [-0.05, 0) is 30.0 Å². The van der Waals surface area contributed by atoms with Gasteiger partial charge in [0, 0.05) is 23.2 Å². The lowest BCUT2D eigenvalue weighted by molar-refractivity contribution is 0.310. The highest BCUT2D eigenvalue weighted by Crippen LogP contribution is 2.30. The van der Waals surface area contributed by atoms with Crippen molar-refractivity contribution in [2.45, 2.75) is 13.8 Å². The summed E-state index contributed by atoms with van der Waals surface area (Å²) in [6.45, 7) is 7.05. The van der Waals surface area contributed by atoms with Crippen LogP contribution in [0.3, 0.4) is 0 Å². The van der Waals surface area contributed by atoms with Gasteiger partial charge in [0.15, 0.2) is 0 Å². The Labute approximate surface area is 94.2 Å². The third kappa shape index (κ3) is 1.95. The van der Waals surface area contributed by atoms with Crippen LogP contribution in [0.25, 0.3) is 0 Å². The lowest BCUT2D eigenvalue weighted by Gasteiger charge is -2.43. The number of rotatable bonds is 2. The molecule has 0 bridgehead atoms. The molecule has 0 N–H and O–H groups in total. The van der Waals surface area contributed by atoms with Gasteiger partial charge in [-0.2, -0.15) is 0 Å². The van der Waals surface area contributed by atoms with Gasteiger partial charge in [-0.1, -0.05) is 35.8 Å². The van der Waals surface area contributed by atoms with Gasteiger partial charge in [0.25, 0.3) is 0 Å². The second-order valence-electron chi connectivity index (χ2n) is 4.39. The predicted molar refractivity (Wildman–Crippen MR) is 64.7 cm³/mol. The number of hydrogen-bond donors (Lipinski definition) is 0. The number of nitrogens with zero attached hydrogens (tertiary/aromatic N) is 1. The van der Waals surface area contributed by atoms with Gasteiger partial charge in [0.1, 0.15) is 0 Å². The molecule has 1 fully saturated rings. The molecule has 1 saturated heterocycles. The van der Waals surface area contributed by atoms with E-state index in [0.29, 0.717) is 0 Å². The summed E-state index contributed by atoms with van der Waals surface area (Å²) in [5.41, 5.74) is 1.34. The largest absolute Gasteiger partial charge is 0.371 e. The Morgan fingerprint density at radius 2 is 2.07 bits per heavy atom. The standard InChI is InChI=1S/C12H16BrN/c1-9(2)10-7-14(8-10)12-5-3-4-11(13)6-12/h3-6,9-10H,7-8H2,1-2H3. The lowest BCUT2D eigenvalue weighted by Crippen LogP contribution is -2.49. The van der Waals surface area contributed by atoms with Gasteiger partial charge in [-0.25, -0.2) is 0 Å². The number of anilines is 1. The molecule has 1 heterocycles. The first-order valence-corrected chi connectivity index (χ1v) is 5.96. The summed E-state index contributed by atoms with van der Waals surface area (Å²) in [6, 6.07) is 8.54. The normalized spacial score (nSPS) is 17.3. The van der Waals surface area contributed by atoms with Gasteiger partial charge in [-0.3, -0.25) is 0 Å². The Bertz CT molecular complexity index is 316. The molecule has 1 aliphatic heterocycles. The Kier molecular flexibility index (Phi) is 2.82. The molecule has 0 spiro atoms. The first-order valence-electron chi connectivity index (χ1n) is 5.17. The second-order valence-corrected chi connectivity index (χ2v) is 5.30. The van der Waals surface area contributed by atoms with Crippen LogP contribution in [0.5, 0.6) is 0 Å². The van der Waals surface area contributed by atoms with Crippen LogP contribution >= 0.6 is 15.9 Å². The molecule has 76 valence electrons. The first kappa shape index (κ1) is 10.0. The van der Waals surface area contributed by atoms with Crippen molar-refractivity contribution in [3.05, 3.63) is 28.7 Å². The van der Waals surface area contributed by atoms with Crippen LogP contribution in [-0.2, 0) is 0 Å². The van der Waals surface area contributed by atoms with Crippen molar-refractivity contribution in [1.82, 2.24) is 0 Å². The van der Waals surface area contributed by atoms with Gasteiger partial charge < -0.3 is 4.90 Å². The fourth-order valence-corrected chi connectivity index (χ4v) is 2.21. The van der Waals surface area contributed by atoms with E-state index in [0.717, 1.165) is 11.8 Å². The maximum atomic E-state index is 3.50. The van der Waals surface area contributed by atoms with Gasteiger partial charge in [-0.15, -0.1) is 0 Å². The summed E-state index contributed by atoms with van der Waals surface area (Å²) in [6.07, 6.45) is 0. The summed E-state index contributed by atoms with van der Waals surface area (Å²) in [5.74, 6) is 1.70. The molecule has 0 radical (unpaired) electrons. The summed E-state index contributed by atoms with van der Waals surface area (Å²) in [4.78, 5) is 2.44. The van der Waals surface area contributed by atoms with E-state index in [1.54, 1.807) is 0 Å². The molecule has 2 rings (SSSR count). The van der Waals surface area contributed by atoms with E-state index >= 15 is 0 Å². The van der Waals surface area contributed by atoms with Crippen molar-refractivity contribution in [3.8, 4) is 0 Å². The van der Waals surface area contributed by atoms with Gasteiger partial charge in [0.2, 0.25) is 0 Å². The van der Waals surface area contributed by atoms with Gasteiger partial charge >= 0.3 is 0 Å². The van der Waals surface area contributed by atoms with Crippen LogP contribution in [0.2, 0.25) is 0 Å². The van der Waals surface area contributed by atoms with Crippen molar-refractivity contribution in [3.63, 3.8) is 0 Å². The van der Waals surface area contributed by atoms with Crippen LogP contribution in [0.15, 0.2) is 28.7 Å². The minimum atomic E-state index is 0.818. The average molecular weight is 254 g/mol. The summed E-state index contributed by atoms with van der Waals surface area (Å²) >= 11 is 3.50. The highest BCUT2D eigenvalue weighted by atomic mass is 79.9. The third-order valence-corrected chi connectivity index (χ3v) is 3.52. The molecule has 0 aliphatic carbocycles. The van der Waals surface area contributed by atoms with Crippen molar-refractivity contribution < 1.29 is 0 Å². The molecule has 14 heavy (non-hydrogen) atoms. The first-order chi connectivity index (χ1) is 6.66. The molecule has 0 saturated carbocycles. The molecule has 1 nitrogen and oxygen atoms in total. The highest BCUT2D eigenvalue weighted by Gasteiger charge is 2.28. The maximum Gasteiger partial charge on any atom is 0.0377 e. The zero-order valence-corrected chi connectivity index (χ0v) is 10.3. The Balaban J connectivity index is 2.00. The molecule has 1 aliphatic rings. The highest BCUT2D eigenvalue weighted by molar-refractivity contribution is 9.10. The lowest BCUT2D eigenvalue weighted by atomic mass is 9.88. The Hall–Kier alpha value is -0.500. The molecule has 2 heteroatoms. The van der Waals surface area contributed by atoms with E-state index in [-0.39, 0.29) is 0 Å². The minimum absolute atomic E-state index is 0.818. The number of halogens is 1. The summed E-state index contributed by atoms with van der Waals surface area (Å²) < 4.78 is 1.17. The Morgan fingerprint density at radius 3 is 2.64 bits per heavy atom. The second kappa shape index (κ2) is 3.93. The quantitative estimate of drug-likeness (QED) is 0.780. The van der Waals surface area contributed by atoms with E-state index in [1.807, 2.05) is 0 Å². The summed E-state index contributed by atoms with van der Waals surface area (Å²) in [7, 11) is 0. The monoisotopic (exact) mass is 253 g/mol. The van der Waals surface area contributed by atoms with Crippen LogP contribution in [-0.4, -0.2) is 13.1 Å². The summed E-state index contributed by atoms with van der Waals surface area (Å²) in [5, 5.41) is 0. The molecular formula is C12H16BrN. The average Bonchev–Trinajstić information content (AvgIpc) is 2.00. The zero-order valence-electron chi connectivity index (χ0n) is 8.70. The minimum Gasteiger partial charge on any atom is -0.371 e. The molecule has 1 aromatic rings. The molecule has 0 amide bonds. The van der Waals surface area contributed by atoms with Crippen molar-refractivity contribution in [2.24, 2.45) is 11.8 Å². The van der Waals surface area contributed by atoms with Crippen LogP contribution < -0.4 is 4.90 Å². The predicted octanol–water partition coefficient (Wildman–Crippen LogP) is 3.54. The fourth-order valence-electron chi connectivity index (χ4n) is 1.82. The molecule has 0 atom stereocenters. The van der Waals surface area contributed by atoms with E-state index in [9.17, 15) is 0 Å². The Morgan fingerprint density at radius 1 is 1.36 bits per heavy atom. The molecular weight excluding hydrogens is 238 g/mol. The van der Waals surface area contributed by atoms with Crippen molar-refractivity contribution in [2.75, 3.05) is 18.0 Å². The van der Waals surface area contributed by atoms with Crippen LogP contribution in [0.1, 0.15) is 13.8 Å². The van der Waals surface area contributed by atoms with Crippen molar-refractivity contribution >= 4 is 21.6 Å². The SMILES string of the molecule is CC(C)C1CN(c2cccc(Br)c2)C1. The smallest absolute Gasteiger partial charge is 0.0377 e. The molecule has 0 unspecified atom stereocenters. The zero-order chi connectivity index (χ0) is 10.1. The third-order valence-electron chi connectivity index (χ3n) is 3.03. The number of hydrogen-bond acceptors (Lipinski definition) is 1. The topological polar surface area (TPSA) is 3.24 Å². The maximum absolute atomic E-state index is 3.50. The van der Waals surface area contributed by atoms with Crippen molar-refractivity contribution in [1.29, 1.82) is 0 Å². The van der Waals surface area contributed by atoms with Crippen LogP contribution in [0.4, 0.5) is 5.69 Å². The van der Waals surface area contributed by atoms with E-state index in [1.165, 1.54) is 23.2 Å². The van der Waals surface area contributed by atoms with E-state index in [4.69, 9.17) is 0 Å². The fraction of sp³-hybridized carbons (Fsp3) is 0.500. The van der Waals surface area contributed by atoms with E-state index in [2.05, 4.69) is 58.9 Å². The molecule has 0 aromatic heterocycles. The van der Waals surface area contributed by atoms with Gasteiger partial charge in [0.05, 0.1) is 0 Å². The number of benzene rings is 1. The van der Waals surface area contributed by atoms with Crippen LogP contribution in [0, 0.1) is 11.8 Å².